The zero-order valence-electron chi connectivity index (χ0n) is 19.8. The molecule has 0 bridgehead atoms. The van der Waals surface area contributed by atoms with Crippen molar-refractivity contribution >= 4 is 16.9 Å². The standard InChI is InChI=1S/C23H32N6O4/c1-6-33-19(31)13-29-22(25-26-27-29)21(14(2)3)28(9-10-30)12-17-11-18-15(4)7-8-16(5)20(18)24-23(17)32/h7-8,11,14,21,30H,6,9-10,12-13H2,1-5H3,(H,24,32)/t21-/m0/s1. The van der Waals surface area contributed by atoms with Crippen LogP contribution in [0.15, 0.2) is 23.0 Å². The van der Waals surface area contributed by atoms with Gasteiger partial charge in [-0.15, -0.1) is 5.10 Å². The van der Waals surface area contributed by atoms with Crippen LogP contribution < -0.4 is 5.56 Å². The van der Waals surface area contributed by atoms with Gasteiger partial charge in [0.05, 0.1) is 24.8 Å². The van der Waals surface area contributed by atoms with Crippen LogP contribution >= 0.6 is 0 Å². The molecule has 1 aromatic carbocycles. The first-order valence-electron chi connectivity index (χ1n) is 11.2. The number of aromatic nitrogens is 5. The van der Waals surface area contributed by atoms with Crippen molar-refractivity contribution in [2.45, 2.75) is 53.8 Å². The van der Waals surface area contributed by atoms with E-state index in [9.17, 15) is 14.7 Å². The minimum Gasteiger partial charge on any atom is -0.465 e. The molecule has 0 radical (unpaired) electrons. The Morgan fingerprint density at radius 3 is 2.67 bits per heavy atom. The Kier molecular flexibility index (Phi) is 7.93. The molecule has 0 saturated carbocycles. The third kappa shape index (κ3) is 5.45. The van der Waals surface area contributed by atoms with Crippen molar-refractivity contribution in [3.05, 3.63) is 51.1 Å². The summed E-state index contributed by atoms with van der Waals surface area (Å²) in [6.07, 6.45) is 0. The maximum Gasteiger partial charge on any atom is 0.327 e. The Balaban J connectivity index is 2.00. The Labute approximate surface area is 192 Å². The van der Waals surface area contributed by atoms with Crippen LogP contribution in [0, 0.1) is 19.8 Å². The van der Waals surface area contributed by atoms with Crippen molar-refractivity contribution in [1.82, 2.24) is 30.1 Å². The van der Waals surface area contributed by atoms with Crippen LogP contribution in [0.4, 0.5) is 0 Å². The van der Waals surface area contributed by atoms with Gasteiger partial charge in [-0.25, -0.2) is 4.68 Å². The highest BCUT2D eigenvalue weighted by molar-refractivity contribution is 5.85. The smallest absolute Gasteiger partial charge is 0.327 e. The maximum absolute atomic E-state index is 12.9. The number of H-pyrrole nitrogens is 1. The summed E-state index contributed by atoms with van der Waals surface area (Å²) in [5, 5.41) is 22.7. The number of fused-ring (bicyclic) bond motifs is 1. The molecule has 0 unspecified atom stereocenters. The number of carbonyl (C=O) groups is 1. The fourth-order valence-corrected chi connectivity index (χ4v) is 4.15. The second-order valence-electron chi connectivity index (χ2n) is 8.49. The van der Waals surface area contributed by atoms with E-state index in [2.05, 4.69) is 20.5 Å². The molecule has 2 N–H and O–H groups in total. The van der Waals surface area contributed by atoms with Gasteiger partial charge in [-0.3, -0.25) is 14.5 Å². The third-order valence-electron chi connectivity index (χ3n) is 5.71. The van der Waals surface area contributed by atoms with Gasteiger partial charge in [0.2, 0.25) is 0 Å². The number of aryl methyl sites for hydroxylation is 2. The number of hydrogen-bond acceptors (Lipinski definition) is 8. The summed E-state index contributed by atoms with van der Waals surface area (Å²) in [6.45, 7) is 10.4. The molecule has 2 aromatic heterocycles. The van der Waals surface area contributed by atoms with Crippen molar-refractivity contribution in [3.63, 3.8) is 0 Å². The molecule has 2 heterocycles. The Hall–Kier alpha value is -3.11. The molecule has 10 heteroatoms. The number of benzene rings is 1. The van der Waals surface area contributed by atoms with E-state index in [1.165, 1.54) is 4.68 Å². The van der Waals surface area contributed by atoms with Gasteiger partial charge >= 0.3 is 5.97 Å². The fourth-order valence-electron chi connectivity index (χ4n) is 4.15. The van der Waals surface area contributed by atoms with Gasteiger partial charge < -0.3 is 14.8 Å². The van der Waals surface area contributed by atoms with E-state index in [4.69, 9.17) is 4.74 Å². The number of aliphatic hydroxyl groups excluding tert-OH is 1. The van der Waals surface area contributed by atoms with E-state index in [1.54, 1.807) is 6.92 Å². The van der Waals surface area contributed by atoms with E-state index >= 15 is 0 Å². The first-order valence-corrected chi connectivity index (χ1v) is 11.2. The van der Waals surface area contributed by atoms with Gasteiger partial charge in [-0.05, 0) is 54.3 Å². The lowest BCUT2D eigenvalue weighted by molar-refractivity contribution is -0.144. The van der Waals surface area contributed by atoms with Gasteiger partial charge in [-0.2, -0.15) is 0 Å². The molecule has 0 aliphatic heterocycles. The molecule has 3 rings (SSSR count). The zero-order chi connectivity index (χ0) is 24.1. The van der Waals surface area contributed by atoms with Gasteiger partial charge in [0.1, 0.15) is 6.54 Å². The summed E-state index contributed by atoms with van der Waals surface area (Å²) < 4.78 is 6.46. The van der Waals surface area contributed by atoms with Gasteiger partial charge in [0, 0.05) is 24.0 Å². The average Bonchev–Trinajstić information content (AvgIpc) is 3.19. The average molecular weight is 457 g/mol. The quantitative estimate of drug-likeness (QED) is 0.443. The van der Waals surface area contributed by atoms with Crippen molar-refractivity contribution in [2.24, 2.45) is 5.92 Å². The Morgan fingerprint density at radius 2 is 2.00 bits per heavy atom. The predicted octanol–water partition coefficient (Wildman–Crippen LogP) is 1.89. The lowest BCUT2D eigenvalue weighted by Crippen LogP contribution is -2.37. The van der Waals surface area contributed by atoms with Crippen LogP contribution in [-0.2, 0) is 22.6 Å². The molecular formula is C23H32N6O4. The van der Waals surface area contributed by atoms with E-state index in [0.717, 1.165) is 22.0 Å². The summed E-state index contributed by atoms with van der Waals surface area (Å²) in [5.41, 5.74) is 3.31. The molecular weight excluding hydrogens is 424 g/mol. The molecule has 178 valence electrons. The van der Waals surface area contributed by atoms with Gasteiger partial charge in [0.15, 0.2) is 5.82 Å². The van der Waals surface area contributed by atoms with Crippen molar-refractivity contribution < 1.29 is 14.6 Å². The van der Waals surface area contributed by atoms with Crippen molar-refractivity contribution in [1.29, 1.82) is 0 Å². The van der Waals surface area contributed by atoms with E-state index < -0.39 is 5.97 Å². The predicted molar refractivity (Wildman–Crippen MR) is 124 cm³/mol. The first-order chi connectivity index (χ1) is 15.8. The first kappa shape index (κ1) is 24.5. The number of pyridine rings is 1. The highest BCUT2D eigenvalue weighted by Crippen LogP contribution is 2.28. The number of aliphatic hydroxyl groups is 1. The number of nitrogens with one attached hydrogen (secondary N) is 1. The number of hydrogen-bond donors (Lipinski definition) is 2. The summed E-state index contributed by atoms with van der Waals surface area (Å²) in [5.74, 6) is 0.0850. The lowest BCUT2D eigenvalue weighted by atomic mass is 9.99. The number of aromatic amines is 1. The number of carbonyl (C=O) groups excluding carboxylic acids is 1. The summed E-state index contributed by atoms with van der Waals surface area (Å²) in [7, 11) is 0. The SMILES string of the molecule is CCOC(=O)Cn1nnnc1[C@H](C(C)C)N(CCO)Cc1cc2c(C)ccc(C)c2[nH]c1=O. The minimum atomic E-state index is -0.431. The number of rotatable bonds is 10. The van der Waals surface area contributed by atoms with Crippen LogP contribution in [0.25, 0.3) is 10.9 Å². The second-order valence-corrected chi connectivity index (χ2v) is 8.49. The van der Waals surface area contributed by atoms with Gasteiger partial charge in [0.25, 0.3) is 5.56 Å². The fraction of sp³-hybridized carbons (Fsp3) is 0.522. The summed E-state index contributed by atoms with van der Waals surface area (Å²) in [4.78, 5) is 30.0. The molecule has 33 heavy (non-hydrogen) atoms. The van der Waals surface area contributed by atoms with Crippen LogP contribution in [0.5, 0.6) is 0 Å². The molecule has 1 atom stereocenters. The number of ether oxygens (including phenoxy) is 1. The second kappa shape index (κ2) is 10.7. The largest absolute Gasteiger partial charge is 0.465 e. The number of nitrogens with zero attached hydrogens (tertiary/aromatic N) is 5. The lowest BCUT2D eigenvalue weighted by Gasteiger charge is -2.33. The molecule has 0 amide bonds. The third-order valence-corrected chi connectivity index (χ3v) is 5.71. The Bertz CT molecular complexity index is 1170. The van der Waals surface area contributed by atoms with Crippen LogP contribution in [-0.4, -0.2) is 60.9 Å². The monoisotopic (exact) mass is 456 g/mol. The normalized spacial score (nSPS) is 12.6. The van der Waals surface area contributed by atoms with E-state index in [1.807, 2.05) is 50.8 Å². The zero-order valence-corrected chi connectivity index (χ0v) is 19.8. The number of tetrazole rings is 1. The molecule has 10 nitrogen and oxygen atoms in total. The highest BCUT2D eigenvalue weighted by atomic mass is 16.5. The summed E-state index contributed by atoms with van der Waals surface area (Å²) in [6, 6.07) is 5.60. The summed E-state index contributed by atoms with van der Waals surface area (Å²) >= 11 is 0. The highest BCUT2D eigenvalue weighted by Gasteiger charge is 2.30. The van der Waals surface area contributed by atoms with Gasteiger partial charge in [-0.1, -0.05) is 26.0 Å². The van der Waals surface area contributed by atoms with Crippen molar-refractivity contribution in [2.75, 3.05) is 19.8 Å². The van der Waals surface area contributed by atoms with Crippen LogP contribution in [0.2, 0.25) is 0 Å². The van der Waals surface area contributed by atoms with Crippen LogP contribution in [0.3, 0.4) is 0 Å². The molecule has 0 aliphatic carbocycles. The van der Waals surface area contributed by atoms with E-state index in [-0.39, 0.29) is 43.8 Å². The number of esters is 1. The molecule has 0 spiro atoms. The van der Waals surface area contributed by atoms with Crippen LogP contribution in [0.1, 0.15) is 49.3 Å². The molecule has 0 aliphatic rings. The maximum atomic E-state index is 12.9. The molecule has 0 saturated heterocycles. The minimum absolute atomic E-state index is 0.0343. The Morgan fingerprint density at radius 1 is 1.27 bits per heavy atom. The molecule has 0 fully saturated rings. The topological polar surface area (TPSA) is 126 Å². The molecule has 3 aromatic rings. The van der Waals surface area contributed by atoms with Crippen molar-refractivity contribution in [3.8, 4) is 0 Å². The van der Waals surface area contributed by atoms with E-state index in [0.29, 0.717) is 17.9 Å².